The number of pyridine rings is 2. The lowest BCUT2D eigenvalue weighted by atomic mass is 10.0. The first kappa shape index (κ1) is 21.3. The van der Waals surface area contributed by atoms with Crippen molar-refractivity contribution in [3.05, 3.63) is 117 Å². The van der Waals surface area contributed by atoms with Gasteiger partial charge >= 0.3 is 0 Å². The molecule has 0 saturated heterocycles. The Morgan fingerprint density at radius 1 is 0.839 bits per heavy atom. The minimum Gasteiger partial charge on any atom is -0.340 e. The van der Waals surface area contributed by atoms with Crippen molar-refractivity contribution in [2.24, 2.45) is 0 Å². The zero-order chi connectivity index (χ0) is 21.8. The largest absolute Gasteiger partial charge is 0.340 e. The average Bonchev–Trinajstić information content (AvgIpc) is 2.80. The SMILES string of the molecule is O=C(N[C@@H](c1ccc(Cl)c(Cl)c1)c1ccc(Cl)cn1)c1ccc(-c2ccccn2)cc1. The van der Waals surface area contributed by atoms with Gasteiger partial charge < -0.3 is 5.32 Å². The van der Waals surface area contributed by atoms with E-state index in [9.17, 15) is 4.79 Å². The van der Waals surface area contributed by atoms with Gasteiger partial charge in [-0.2, -0.15) is 0 Å². The standard InChI is InChI=1S/C24H16Cl3N3O/c25-18-9-11-22(29-14-18)23(17-8-10-19(26)20(27)13-17)30-24(31)16-6-4-15(5-7-16)21-3-1-2-12-28-21/h1-14,23H,(H,30,31)/t23-/m0/s1. The minimum absolute atomic E-state index is 0.250. The number of benzene rings is 2. The Labute approximate surface area is 194 Å². The fourth-order valence-corrected chi connectivity index (χ4v) is 3.54. The molecule has 0 unspecified atom stereocenters. The van der Waals surface area contributed by atoms with Crippen molar-refractivity contribution in [2.45, 2.75) is 6.04 Å². The zero-order valence-corrected chi connectivity index (χ0v) is 18.4. The summed E-state index contributed by atoms with van der Waals surface area (Å²) in [5, 5.41) is 4.37. The van der Waals surface area contributed by atoms with Crippen molar-refractivity contribution >= 4 is 40.7 Å². The fourth-order valence-electron chi connectivity index (χ4n) is 3.12. The van der Waals surface area contributed by atoms with Crippen molar-refractivity contribution in [2.75, 3.05) is 0 Å². The second-order valence-electron chi connectivity index (χ2n) is 6.77. The molecule has 0 spiro atoms. The number of halogens is 3. The Morgan fingerprint density at radius 2 is 1.65 bits per heavy atom. The minimum atomic E-state index is -0.532. The molecule has 0 aliphatic carbocycles. The predicted molar refractivity (Wildman–Crippen MR) is 125 cm³/mol. The van der Waals surface area contributed by atoms with Gasteiger partial charge in [0.25, 0.3) is 5.91 Å². The second-order valence-corrected chi connectivity index (χ2v) is 8.02. The van der Waals surface area contributed by atoms with Crippen LogP contribution < -0.4 is 5.32 Å². The monoisotopic (exact) mass is 467 g/mol. The second kappa shape index (κ2) is 9.48. The summed E-state index contributed by atoms with van der Waals surface area (Å²) in [4.78, 5) is 21.7. The highest BCUT2D eigenvalue weighted by Gasteiger charge is 2.20. The van der Waals surface area contributed by atoms with Crippen molar-refractivity contribution in [1.29, 1.82) is 0 Å². The maximum atomic E-state index is 13.0. The summed E-state index contributed by atoms with van der Waals surface area (Å²) >= 11 is 18.3. The summed E-state index contributed by atoms with van der Waals surface area (Å²) in [5.74, 6) is -0.250. The lowest BCUT2D eigenvalue weighted by Gasteiger charge is -2.20. The van der Waals surface area contributed by atoms with Crippen LogP contribution in [-0.2, 0) is 0 Å². The maximum Gasteiger partial charge on any atom is 0.252 e. The molecule has 4 nitrogen and oxygen atoms in total. The van der Waals surface area contributed by atoms with Crippen LogP contribution in [0.1, 0.15) is 27.7 Å². The van der Waals surface area contributed by atoms with Crippen molar-refractivity contribution in [3.63, 3.8) is 0 Å². The predicted octanol–water partition coefficient (Wildman–Crippen LogP) is 6.62. The lowest BCUT2D eigenvalue weighted by molar-refractivity contribution is 0.0942. The molecule has 1 amide bonds. The summed E-state index contributed by atoms with van der Waals surface area (Å²) in [5.41, 5.74) is 3.66. The lowest BCUT2D eigenvalue weighted by Crippen LogP contribution is -2.30. The van der Waals surface area contributed by atoms with E-state index in [0.29, 0.717) is 26.3 Å². The summed E-state index contributed by atoms with van der Waals surface area (Å²) in [6.45, 7) is 0. The van der Waals surface area contributed by atoms with E-state index in [-0.39, 0.29) is 5.91 Å². The van der Waals surface area contributed by atoms with Gasteiger partial charge in [0.1, 0.15) is 0 Å². The highest BCUT2D eigenvalue weighted by Crippen LogP contribution is 2.29. The van der Waals surface area contributed by atoms with Gasteiger partial charge in [0.2, 0.25) is 0 Å². The molecule has 2 aromatic carbocycles. The molecule has 0 radical (unpaired) electrons. The summed E-state index contributed by atoms with van der Waals surface area (Å²) in [6.07, 6.45) is 3.27. The Hall–Kier alpha value is -2.92. The van der Waals surface area contributed by atoms with Crippen LogP contribution in [0.2, 0.25) is 15.1 Å². The first-order chi connectivity index (χ1) is 15.0. The van der Waals surface area contributed by atoms with E-state index in [2.05, 4.69) is 15.3 Å². The smallest absolute Gasteiger partial charge is 0.252 e. The highest BCUT2D eigenvalue weighted by molar-refractivity contribution is 6.42. The van der Waals surface area contributed by atoms with Crippen LogP contribution >= 0.6 is 34.8 Å². The Morgan fingerprint density at radius 3 is 2.29 bits per heavy atom. The molecule has 0 fully saturated rings. The zero-order valence-electron chi connectivity index (χ0n) is 16.1. The summed E-state index contributed by atoms with van der Waals surface area (Å²) in [7, 11) is 0. The Balaban J connectivity index is 1.62. The van der Waals surface area contributed by atoms with Gasteiger partial charge in [0.15, 0.2) is 0 Å². The first-order valence-electron chi connectivity index (χ1n) is 9.40. The molecular weight excluding hydrogens is 453 g/mol. The molecule has 1 N–H and O–H groups in total. The molecule has 2 aromatic heterocycles. The number of carbonyl (C=O) groups is 1. The first-order valence-corrected chi connectivity index (χ1v) is 10.5. The number of nitrogens with zero attached hydrogens (tertiary/aromatic N) is 2. The molecule has 4 rings (SSSR count). The van der Waals surface area contributed by atoms with Crippen molar-refractivity contribution < 1.29 is 4.79 Å². The molecule has 0 aliphatic heterocycles. The number of hydrogen-bond acceptors (Lipinski definition) is 3. The van der Waals surface area contributed by atoms with Crippen molar-refractivity contribution in [1.82, 2.24) is 15.3 Å². The number of nitrogens with one attached hydrogen (secondary N) is 1. The number of hydrogen-bond donors (Lipinski definition) is 1. The third kappa shape index (κ3) is 5.05. The molecule has 31 heavy (non-hydrogen) atoms. The van der Waals surface area contributed by atoms with Crippen LogP contribution in [0.15, 0.2) is 85.2 Å². The van der Waals surface area contributed by atoms with Gasteiger partial charge in [-0.3, -0.25) is 14.8 Å². The Kier molecular flexibility index (Phi) is 6.52. The van der Waals surface area contributed by atoms with E-state index in [1.54, 1.807) is 48.7 Å². The Bertz CT molecular complexity index is 1200. The third-order valence-electron chi connectivity index (χ3n) is 4.71. The number of aromatic nitrogens is 2. The number of rotatable bonds is 5. The van der Waals surface area contributed by atoms with Gasteiger partial charge in [-0.15, -0.1) is 0 Å². The van der Waals surface area contributed by atoms with Crippen LogP contribution in [0.4, 0.5) is 0 Å². The van der Waals surface area contributed by atoms with Gasteiger partial charge in [0, 0.05) is 23.5 Å². The van der Waals surface area contributed by atoms with Gasteiger partial charge in [-0.1, -0.05) is 59.1 Å². The van der Waals surface area contributed by atoms with E-state index < -0.39 is 6.04 Å². The van der Waals surface area contributed by atoms with Crippen molar-refractivity contribution in [3.8, 4) is 11.3 Å². The summed E-state index contributed by atoms with van der Waals surface area (Å²) < 4.78 is 0. The van der Waals surface area contributed by atoms with E-state index in [4.69, 9.17) is 34.8 Å². The van der Waals surface area contributed by atoms with E-state index >= 15 is 0 Å². The van der Waals surface area contributed by atoms with Crippen LogP contribution in [0.3, 0.4) is 0 Å². The van der Waals surface area contributed by atoms with E-state index in [1.165, 1.54) is 6.20 Å². The van der Waals surface area contributed by atoms with Gasteiger partial charge in [-0.05, 0) is 54.1 Å². The molecular formula is C24H16Cl3N3O. The third-order valence-corrected chi connectivity index (χ3v) is 5.67. The molecule has 1 atom stereocenters. The van der Waals surface area contributed by atoms with E-state index in [1.807, 2.05) is 30.3 Å². The fraction of sp³-hybridized carbons (Fsp3) is 0.0417. The van der Waals surface area contributed by atoms with Crippen LogP contribution in [0.25, 0.3) is 11.3 Å². The quantitative estimate of drug-likeness (QED) is 0.358. The topological polar surface area (TPSA) is 54.9 Å². The molecule has 0 saturated carbocycles. The van der Waals surface area contributed by atoms with Gasteiger partial charge in [0.05, 0.1) is 32.5 Å². The maximum absolute atomic E-state index is 13.0. The number of carbonyl (C=O) groups excluding carboxylic acids is 1. The number of amides is 1. The molecule has 154 valence electrons. The molecule has 2 heterocycles. The van der Waals surface area contributed by atoms with Crippen LogP contribution in [0.5, 0.6) is 0 Å². The molecule has 0 bridgehead atoms. The summed E-state index contributed by atoms with van der Waals surface area (Å²) in [6, 6.07) is 21.1. The van der Waals surface area contributed by atoms with Crippen LogP contribution in [0, 0.1) is 0 Å². The van der Waals surface area contributed by atoms with Gasteiger partial charge in [-0.25, -0.2) is 0 Å². The average molecular weight is 469 g/mol. The highest BCUT2D eigenvalue weighted by atomic mass is 35.5. The molecule has 4 aromatic rings. The van der Waals surface area contributed by atoms with E-state index in [0.717, 1.165) is 16.8 Å². The van der Waals surface area contributed by atoms with Crippen LogP contribution in [-0.4, -0.2) is 15.9 Å². The molecule has 0 aliphatic rings. The molecule has 7 heteroatoms. The normalized spacial score (nSPS) is 11.7.